The molecule has 0 aromatic heterocycles. The van der Waals surface area contributed by atoms with Crippen LogP contribution in [0.3, 0.4) is 0 Å². The molecular weight excluding hydrogens is 368 g/mol. The molecule has 8 heteroatoms. The number of rotatable bonds is 3. The molecule has 27 heavy (non-hydrogen) atoms. The van der Waals surface area contributed by atoms with Gasteiger partial charge in [0.05, 0.1) is 4.90 Å². The van der Waals surface area contributed by atoms with Gasteiger partial charge in [-0.2, -0.15) is 4.31 Å². The Morgan fingerprint density at radius 3 is 2.37 bits per heavy atom. The van der Waals surface area contributed by atoms with Crippen LogP contribution in [0.2, 0.25) is 0 Å². The Morgan fingerprint density at radius 1 is 1.00 bits per heavy atom. The van der Waals surface area contributed by atoms with E-state index in [1.807, 2.05) is 4.90 Å². The van der Waals surface area contributed by atoms with Crippen molar-refractivity contribution in [3.8, 4) is 11.5 Å². The van der Waals surface area contributed by atoms with Gasteiger partial charge in [0.15, 0.2) is 11.5 Å². The zero-order valence-corrected chi connectivity index (χ0v) is 16.4. The van der Waals surface area contributed by atoms with Crippen LogP contribution in [-0.4, -0.2) is 56.5 Å². The molecule has 3 aliphatic rings. The van der Waals surface area contributed by atoms with Crippen molar-refractivity contribution in [2.24, 2.45) is 11.8 Å². The van der Waals surface area contributed by atoms with Gasteiger partial charge in [-0.25, -0.2) is 8.42 Å². The summed E-state index contributed by atoms with van der Waals surface area (Å²) in [6.45, 7) is 4.74. The van der Waals surface area contributed by atoms with Crippen LogP contribution >= 0.6 is 0 Å². The van der Waals surface area contributed by atoms with Crippen LogP contribution in [-0.2, 0) is 14.8 Å². The van der Waals surface area contributed by atoms with Crippen molar-refractivity contribution in [2.45, 2.75) is 37.5 Å². The number of piperidine rings is 2. The smallest absolute Gasteiger partial charge is 0.243 e. The fraction of sp³-hybridized carbons (Fsp3) is 0.632. The first-order valence-corrected chi connectivity index (χ1v) is 11.1. The molecule has 0 aliphatic carbocycles. The van der Waals surface area contributed by atoms with E-state index >= 15 is 0 Å². The maximum atomic E-state index is 12.9. The number of fused-ring (bicyclic) bond motifs is 1. The summed E-state index contributed by atoms with van der Waals surface area (Å²) in [7, 11) is -3.59. The summed E-state index contributed by atoms with van der Waals surface area (Å²) in [5, 5.41) is 0. The molecule has 148 valence electrons. The predicted molar refractivity (Wildman–Crippen MR) is 99.0 cm³/mol. The maximum absolute atomic E-state index is 12.9. The Morgan fingerprint density at radius 2 is 1.67 bits per heavy atom. The fourth-order valence-corrected chi connectivity index (χ4v) is 5.50. The van der Waals surface area contributed by atoms with Crippen LogP contribution in [0.25, 0.3) is 0 Å². The van der Waals surface area contributed by atoms with Crippen LogP contribution in [0.15, 0.2) is 23.1 Å². The molecule has 0 atom stereocenters. The zero-order chi connectivity index (χ0) is 19.0. The van der Waals surface area contributed by atoms with Crippen molar-refractivity contribution in [2.75, 3.05) is 33.0 Å². The van der Waals surface area contributed by atoms with Gasteiger partial charge >= 0.3 is 0 Å². The first-order valence-electron chi connectivity index (χ1n) is 9.64. The van der Waals surface area contributed by atoms with Crippen molar-refractivity contribution in [1.29, 1.82) is 0 Å². The number of ether oxygens (including phenoxy) is 2. The van der Waals surface area contributed by atoms with E-state index in [1.165, 1.54) is 10.4 Å². The standard InChI is InChI=1S/C19H26N2O5S/c1-14-4-8-20(9-5-14)19(22)15-6-10-21(11-7-15)27(23,24)16-2-3-17-18(12-16)26-13-25-17/h2-3,12,14-15H,4-11,13H2,1H3. The number of nitrogens with zero attached hydrogens (tertiary/aromatic N) is 2. The molecule has 0 spiro atoms. The number of amides is 1. The monoisotopic (exact) mass is 394 g/mol. The average molecular weight is 394 g/mol. The topological polar surface area (TPSA) is 76.2 Å². The lowest BCUT2D eigenvalue weighted by atomic mass is 9.93. The summed E-state index contributed by atoms with van der Waals surface area (Å²) in [5.41, 5.74) is 0. The van der Waals surface area contributed by atoms with E-state index in [0.29, 0.717) is 43.3 Å². The van der Waals surface area contributed by atoms with Crippen molar-refractivity contribution >= 4 is 15.9 Å². The number of likely N-dealkylation sites (tertiary alicyclic amines) is 1. The first-order chi connectivity index (χ1) is 12.9. The molecule has 2 fully saturated rings. The molecule has 0 radical (unpaired) electrons. The van der Waals surface area contributed by atoms with Crippen molar-refractivity contribution in [3.05, 3.63) is 18.2 Å². The Hall–Kier alpha value is -1.80. The van der Waals surface area contributed by atoms with E-state index in [1.54, 1.807) is 12.1 Å². The minimum Gasteiger partial charge on any atom is -0.454 e. The summed E-state index contributed by atoms with van der Waals surface area (Å²) in [5.74, 6) is 1.83. The molecule has 4 rings (SSSR count). The fourth-order valence-electron chi connectivity index (χ4n) is 4.02. The second-order valence-corrected chi connectivity index (χ2v) is 9.64. The number of carbonyl (C=O) groups excluding carboxylic acids is 1. The predicted octanol–water partition coefficient (Wildman–Crippen LogP) is 2.07. The quantitative estimate of drug-likeness (QED) is 0.785. The van der Waals surface area contributed by atoms with Gasteiger partial charge in [0, 0.05) is 38.2 Å². The van der Waals surface area contributed by atoms with E-state index in [9.17, 15) is 13.2 Å². The molecule has 2 saturated heterocycles. The van der Waals surface area contributed by atoms with E-state index in [2.05, 4.69) is 6.92 Å². The third-order valence-electron chi connectivity index (χ3n) is 5.88. The molecule has 1 amide bonds. The Bertz CT molecular complexity index is 809. The van der Waals surface area contributed by atoms with E-state index in [4.69, 9.17) is 9.47 Å². The van der Waals surface area contributed by atoms with Crippen LogP contribution in [0.4, 0.5) is 0 Å². The van der Waals surface area contributed by atoms with Crippen molar-refractivity contribution < 1.29 is 22.7 Å². The summed E-state index contributed by atoms with van der Waals surface area (Å²) in [4.78, 5) is 14.9. The zero-order valence-electron chi connectivity index (χ0n) is 15.6. The second kappa shape index (κ2) is 7.31. The van der Waals surface area contributed by atoms with E-state index in [0.717, 1.165) is 25.9 Å². The van der Waals surface area contributed by atoms with Gasteiger partial charge in [-0.3, -0.25) is 4.79 Å². The summed E-state index contributed by atoms with van der Waals surface area (Å²) >= 11 is 0. The number of hydrogen-bond donors (Lipinski definition) is 0. The van der Waals surface area contributed by atoms with Crippen LogP contribution in [0.5, 0.6) is 11.5 Å². The van der Waals surface area contributed by atoms with Crippen LogP contribution in [0, 0.1) is 11.8 Å². The van der Waals surface area contributed by atoms with Gasteiger partial charge in [-0.1, -0.05) is 6.92 Å². The highest BCUT2D eigenvalue weighted by Crippen LogP contribution is 2.35. The highest BCUT2D eigenvalue weighted by atomic mass is 32.2. The van der Waals surface area contributed by atoms with Crippen molar-refractivity contribution in [3.63, 3.8) is 0 Å². The van der Waals surface area contributed by atoms with Gasteiger partial charge in [0.2, 0.25) is 22.7 Å². The molecule has 1 aromatic rings. The summed E-state index contributed by atoms with van der Waals surface area (Å²) in [6.07, 6.45) is 3.27. The Balaban J connectivity index is 1.39. The lowest BCUT2D eigenvalue weighted by molar-refractivity contribution is -0.138. The first kappa shape index (κ1) is 18.6. The van der Waals surface area contributed by atoms with E-state index in [-0.39, 0.29) is 23.5 Å². The molecular formula is C19H26N2O5S. The highest BCUT2D eigenvalue weighted by Gasteiger charge is 2.35. The van der Waals surface area contributed by atoms with Crippen LogP contribution in [0.1, 0.15) is 32.6 Å². The normalized spacial score (nSPS) is 22.2. The minimum absolute atomic E-state index is 0.0680. The summed E-state index contributed by atoms with van der Waals surface area (Å²) in [6, 6.07) is 4.70. The van der Waals surface area contributed by atoms with Crippen molar-refractivity contribution in [1.82, 2.24) is 9.21 Å². The van der Waals surface area contributed by atoms with Gasteiger partial charge < -0.3 is 14.4 Å². The highest BCUT2D eigenvalue weighted by molar-refractivity contribution is 7.89. The largest absolute Gasteiger partial charge is 0.454 e. The van der Waals surface area contributed by atoms with Gasteiger partial charge in [0.1, 0.15) is 0 Å². The van der Waals surface area contributed by atoms with Gasteiger partial charge in [-0.15, -0.1) is 0 Å². The molecule has 7 nitrogen and oxygen atoms in total. The second-order valence-electron chi connectivity index (χ2n) is 7.70. The molecule has 0 saturated carbocycles. The molecule has 0 bridgehead atoms. The Kier molecular flexibility index (Phi) is 5.03. The lowest BCUT2D eigenvalue weighted by Gasteiger charge is -2.36. The van der Waals surface area contributed by atoms with E-state index < -0.39 is 10.0 Å². The van der Waals surface area contributed by atoms with Crippen LogP contribution < -0.4 is 9.47 Å². The summed E-state index contributed by atoms with van der Waals surface area (Å²) < 4.78 is 37.9. The molecule has 1 aromatic carbocycles. The molecule has 3 aliphatic heterocycles. The molecule has 0 unspecified atom stereocenters. The average Bonchev–Trinajstić information content (AvgIpc) is 3.16. The number of hydrogen-bond acceptors (Lipinski definition) is 5. The lowest BCUT2D eigenvalue weighted by Crippen LogP contribution is -2.46. The SMILES string of the molecule is CC1CCN(C(=O)C2CCN(S(=O)(=O)c3ccc4c(c3)OCO4)CC2)CC1. The van der Waals surface area contributed by atoms with Gasteiger partial charge in [0.25, 0.3) is 0 Å². The maximum Gasteiger partial charge on any atom is 0.243 e. The van der Waals surface area contributed by atoms with Gasteiger partial charge in [-0.05, 0) is 43.7 Å². The Labute approximate surface area is 160 Å². The number of sulfonamides is 1. The molecule has 0 N–H and O–H groups in total. The molecule has 3 heterocycles. The number of benzene rings is 1. The number of carbonyl (C=O) groups is 1. The third kappa shape index (κ3) is 3.65. The third-order valence-corrected chi connectivity index (χ3v) is 7.77. The minimum atomic E-state index is -3.59.